The standard InChI is InChI=1S/C16H18N2O3S/c19-15(5-7-17-16(20)14-4-2-9-21-14)18-8-1-3-13(18)12-6-10-22-11-12/h2,4,6,9-11,13H,1,3,5,7-8H2,(H,17,20)/t13-/m0/s1. The molecule has 1 saturated heterocycles. The Balaban J connectivity index is 1.50. The Hall–Kier alpha value is -2.08. The number of hydrogen-bond donors (Lipinski definition) is 1. The molecule has 0 radical (unpaired) electrons. The zero-order valence-electron chi connectivity index (χ0n) is 12.2. The highest BCUT2D eigenvalue weighted by atomic mass is 32.1. The molecule has 2 aromatic heterocycles. The van der Waals surface area contributed by atoms with Crippen LogP contribution in [-0.4, -0.2) is 29.8 Å². The first-order chi connectivity index (χ1) is 10.8. The molecule has 0 aromatic carbocycles. The highest BCUT2D eigenvalue weighted by Crippen LogP contribution is 2.33. The molecule has 1 aliphatic heterocycles. The number of rotatable bonds is 5. The Morgan fingerprint density at radius 2 is 2.32 bits per heavy atom. The van der Waals surface area contributed by atoms with Gasteiger partial charge in [0.15, 0.2) is 5.76 Å². The molecule has 0 bridgehead atoms. The van der Waals surface area contributed by atoms with Crippen molar-refractivity contribution >= 4 is 23.2 Å². The molecule has 2 aromatic rings. The molecule has 0 aliphatic carbocycles. The number of furan rings is 1. The van der Waals surface area contributed by atoms with Crippen LogP contribution in [0.4, 0.5) is 0 Å². The minimum Gasteiger partial charge on any atom is -0.459 e. The summed E-state index contributed by atoms with van der Waals surface area (Å²) in [6.07, 6.45) is 3.81. The molecule has 1 N–H and O–H groups in total. The van der Waals surface area contributed by atoms with Crippen molar-refractivity contribution in [3.8, 4) is 0 Å². The molecule has 1 fully saturated rings. The molecule has 5 nitrogen and oxygen atoms in total. The van der Waals surface area contributed by atoms with Gasteiger partial charge in [0.25, 0.3) is 5.91 Å². The van der Waals surface area contributed by atoms with Crippen molar-refractivity contribution in [3.63, 3.8) is 0 Å². The van der Waals surface area contributed by atoms with Crippen LogP contribution in [0.2, 0.25) is 0 Å². The second kappa shape index (κ2) is 6.79. The molecule has 3 heterocycles. The average molecular weight is 318 g/mol. The zero-order valence-corrected chi connectivity index (χ0v) is 13.0. The lowest BCUT2D eigenvalue weighted by molar-refractivity contribution is -0.132. The summed E-state index contributed by atoms with van der Waals surface area (Å²) in [7, 11) is 0. The van der Waals surface area contributed by atoms with E-state index in [1.54, 1.807) is 23.5 Å². The van der Waals surface area contributed by atoms with Gasteiger partial charge in [-0.2, -0.15) is 11.3 Å². The Morgan fingerprint density at radius 3 is 3.05 bits per heavy atom. The Bertz CT molecular complexity index is 622. The number of nitrogens with one attached hydrogen (secondary N) is 1. The fourth-order valence-electron chi connectivity index (χ4n) is 2.80. The van der Waals surface area contributed by atoms with E-state index in [-0.39, 0.29) is 23.6 Å². The second-order valence-electron chi connectivity index (χ2n) is 5.29. The molecule has 0 saturated carbocycles. The van der Waals surface area contributed by atoms with E-state index < -0.39 is 0 Å². The quantitative estimate of drug-likeness (QED) is 0.922. The lowest BCUT2D eigenvalue weighted by Gasteiger charge is -2.24. The van der Waals surface area contributed by atoms with E-state index in [2.05, 4.69) is 16.8 Å². The van der Waals surface area contributed by atoms with E-state index in [1.807, 2.05) is 10.3 Å². The van der Waals surface area contributed by atoms with E-state index in [4.69, 9.17) is 4.42 Å². The molecular weight excluding hydrogens is 300 g/mol. The number of thiophene rings is 1. The predicted molar refractivity (Wildman–Crippen MR) is 83.7 cm³/mol. The highest BCUT2D eigenvalue weighted by Gasteiger charge is 2.29. The monoisotopic (exact) mass is 318 g/mol. The zero-order chi connectivity index (χ0) is 15.4. The molecule has 0 spiro atoms. The average Bonchev–Trinajstić information content (AvgIpc) is 3.26. The van der Waals surface area contributed by atoms with Gasteiger partial charge in [-0.3, -0.25) is 9.59 Å². The summed E-state index contributed by atoms with van der Waals surface area (Å²) >= 11 is 1.66. The number of amides is 2. The number of carbonyl (C=O) groups excluding carboxylic acids is 2. The Morgan fingerprint density at radius 1 is 1.41 bits per heavy atom. The molecule has 2 amide bonds. The minimum atomic E-state index is -0.284. The molecule has 116 valence electrons. The van der Waals surface area contributed by atoms with Gasteiger partial charge in [0.1, 0.15) is 0 Å². The van der Waals surface area contributed by atoms with E-state index in [9.17, 15) is 9.59 Å². The summed E-state index contributed by atoms with van der Waals surface area (Å²) < 4.78 is 5.01. The van der Waals surface area contributed by atoms with Crippen LogP contribution in [-0.2, 0) is 4.79 Å². The van der Waals surface area contributed by atoms with Crippen molar-refractivity contribution in [3.05, 3.63) is 46.5 Å². The first-order valence-corrected chi connectivity index (χ1v) is 8.33. The smallest absolute Gasteiger partial charge is 0.286 e. The first kappa shape index (κ1) is 14.8. The van der Waals surface area contributed by atoms with Crippen molar-refractivity contribution in [1.82, 2.24) is 10.2 Å². The van der Waals surface area contributed by atoms with Crippen LogP contribution in [0.25, 0.3) is 0 Å². The molecule has 22 heavy (non-hydrogen) atoms. The van der Waals surface area contributed by atoms with Crippen LogP contribution in [0.1, 0.15) is 41.4 Å². The van der Waals surface area contributed by atoms with Crippen LogP contribution in [0.3, 0.4) is 0 Å². The van der Waals surface area contributed by atoms with Crippen LogP contribution < -0.4 is 5.32 Å². The molecule has 3 rings (SSSR count). The lowest BCUT2D eigenvalue weighted by atomic mass is 10.1. The fraction of sp³-hybridized carbons (Fsp3) is 0.375. The van der Waals surface area contributed by atoms with Gasteiger partial charge in [-0.05, 0) is 47.4 Å². The molecular formula is C16H18N2O3S. The van der Waals surface area contributed by atoms with Gasteiger partial charge in [0.05, 0.1) is 12.3 Å². The van der Waals surface area contributed by atoms with Gasteiger partial charge in [-0.25, -0.2) is 0 Å². The third kappa shape index (κ3) is 3.22. The van der Waals surface area contributed by atoms with Gasteiger partial charge in [-0.15, -0.1) is 0 Å². The summed E-state index contributed by atoms with van der Waals surface area (Å²) in [4.78, 5) is 26.0. The summed E-state index contributed by atoms with van der Waals surface area (Å²) in [5.41, 5.74) is 1.22. The van der Waals surface area contributed by atoms with Gasteiger partial charge in [-0.1, -0.05) is 0 Å². The molecule has 1 atom stereocenters. The van der Waals surface area contributed by atoms with Crippen molar-refractivity contribution in [1.29, 1.82) is 0 Å². The second-order valence-corrected chi connectivity index (χ2v) is 6.07. The maximum absolute atomic E-state index is 12.4. The van der Waals surface area contributed by atoms with Gasteiger partial charge < -0.3 is 14.6 Å². The number of hydrogen-bond acceptors (Lipinski definition) is 4. The van der Waals surface area contributed by atoms with Gasteiger partial charge >= 0.3 is 0 Å². The van der Waals surface area contributed by atoms with E-state index in [0.29, 0.717) is 13.0 Å². The van der Waals surface area contributed by atoms with E-state index in [1.165, 1.54) is 11.8 Å². The van der Waals surface area contributed by atoms with Gasteiger partial charge in [0, 0.05) is 19.5 Å². The molecule has 6 heteroatoms. The number of likely N-dealkylation sites (tertiary alicyclic amines) is 1. The number of carbonyl (C=O) groups is 2. The fourth-order valence-corrected chi connectivity index (χ4v) is 3.50. The van der Waals surface area contributed by atoms with E-state index >= 15 is 0 Å². The van der Waals surface area contributed by atoms with Crippen LogP contribution in [0, 0.1) is 0 Å². The van der Waals surface area contributed by atoms with Gasteiger partial charge in [0.2, 0.25) is 5.91 Å². The van der Waals surface area contributed by atoms with Crippen LogP contribution in [0.5, 0.6) is 0 Å². The SMILES string of the molecule is O=C(NCCC(=O)N1CCC[C@H]1c1ccsc1)c1ccco1. The predicted octanol–water partition coefficient (Wildman–Crippen LogP) is 2.82. The van der Waals surface area contributed by atoms with Crippen molar-refractivity contribution in [2.45, 2.75) is 25.3 Å². The summed E-state index contributed by atoms with van der Waals surface area (Å²) in [5.74, 6) is 0.0758. The van der Waals surface area contributed by atoms with Crippen LogP contribution in [0.15, 0.2) is 39.6 Å². The normalized spacial score (nSPS) is 17.6. The minimum absolute atomic E-state index is 0.0912. The summed E-state index contributed by atoms with van der Waals surface area (Å²) in [5, 5.41) is 6.86. The van der Waals surface area contributed by atoms with Crippen LogP contribution >= 0.6 is 11.3 Å². The maximum atomic E-state index is 12.4. The first-order valence-electron chi connectivity index (χ1n) is 7.39. The third-order valence-electron chi connectivity index (χ3n) is 3.87. The Labute approximate surface area is 132 Å². The van der Waals surface area contributed by atoms with Crippen molar-refractivity contribution in [2.75, 3.05) is 13.1 Å². The highest BCUT2D eigenvalue weighted by molar-refractivity contribution is 7.07. The summed E-state index contributed by atoms with van der Waals surface area (Å²) in [6.45, 7) is 1.12. The van der Waals surface area contributed by atoms with E-state index in [0.717, 1.165) is 19.4 Å². The number of nitrogens with zero attached hydrogens (tertiary/aromatic N) is 1. The topological polar surface area (TPSA) is 62.6 Å². The third-order valence-corrected chi connectivity index (χ3v) is 4.57. The van der Waals surface area contributed by atoms with Crippen molar-refractivity contribution in [2.24, 2.45) is 0 Å². The lowest BCUT2D eigenvalue weighted by Crippen LogP contribution is -2.34. The van der Waals surface area contributed by atoms with Crippen molar-refractivity contribution < 1.29 is 14.0 Å². The largest absolute Gasteiger partial charge is 0.459 e. The molecule has 1 aliphatic rings. The maximum Gasteiger partial charge on any atom is 0.286 e. The summed E-state index contributed by atoms with van der Waals surface area (Å²) in [6, 6.07) is 5.54. The Kier molecular flexibility index (Phi) is 4.58. The molecule has 0 unspecified atom stereocenters.